The molecule has 2 rings (SSSR count). The lowest BCUT2D eigenvalue weighted by molar-refractivity contribution is -0.136. The average Bonchev–Trinajstić information content (AvgIpc) is 2.77. The summed E-state index contributed by atoms with van der Waals surface area (Å²) in [7, 11) is 1.35. The largest absolute Gasteiger partial charge is 0.422 e. The van der Waals surface area contributed by atoms with E-state index in [0.29, 0.717) is 12.2 Å². The van der Waals surface area contributed by atoms with Gasteiger partial charge in [0.25, 0.3) is 0 Å². The van der Waals surface area contributed by atoms with Crippen molar-refractivity contribution in [1.82, 2.24) is 19.7 Å². The lowest BCUT2D eigenvalue weighted by Gasteiger charge is -2.15. The van der Waals surface area contributed by atoms with Gasteiger partial charge in [0.2, 0.25) is 5.95 Å². The zero-order valence-electron chi connectivity index (χ0n) is 11.8. The third kappa shape index (κ3) is 2.76. The maximum absolute atomic E-state index is 13.3. The van der Waals surface area contributed by atoms with Crippen molar-refractivity contribution in [2.45, 2.75) is 26.6 Å². The molecule has 0 aromatic carbocycles. The lowest BCUT2D eigenvalue weighted by atomic mass is 10.1. The molecule has 0 saturated carbocycles. The first-order chi connectivity index (χ1) is 9.77. The monoisotopic (exact) mass is 300 g/mol. The fraction of sp³-hybridized carbons (Fsp3) is 0.417. The van der Waals surface area contributed by atoms with Gasteiger partial charge in [0.05, 0.1) is 11.4 Å². The van der Waals surface area contributed by atoms with E-state index >= 15 is 0 Å². The van der Waals surface area contributed by atoms with Crippen molar-refractivity contribution in [3.8, 4) is 11.3 Å². The Hall–Kier alpha value is -2.32. The molecule has 0 fully saturated rings. The number of alkyl halides is 3. The molecule has 0 aliphatic rings. The predicted molar refractivity (Wildman–Crippen MR) is 72.6 cm³/mol. The van der Waals surface area contributed by atoms with Crippen molar-refractivity contribution >= 4 is 11.8 Å². The number of aryl methyl sites for hydroxylation is 2. The minimum absolute atomic E-state index is 0.231. The molecule has 3 N–H and O–H groups in total. The van der Waals surface area contributed by atoms with E-state index in [1.807, 2.05) is 6.92 Å². The number of rotatable bonds is 3. The maximum atomic E-state index is 13.3. The van der Waals surface area contributed by atoms with Crippen LogP contribution in [0.3, 0.4) is 0 Å². The molecule has 0 aliphatic heterocycles. The Morgan fingerprint density at radius 1 is 1.33 bits per heavy atom. The quantitative estimate of drug-likeness (QED) is 0.909. The lowest BCUT2D eigenvalue weighted by Crippen LogP contribution is -2.15. The van der Waals surface area contributed by atoms with Crippen LogP contribution in [0.2, 0.25) is 0 Å². The Balaban J connectivity index is 2.77. The first-order valence-corrected chi connectivity index (χ1v) is 6.24. The molecule has 2 aromatic heterocycles. The van der Waals surface area contributed by atoms with Crippen molar-refractivity contribution in [2.24, 2.45) is 0 Å². The zero-order chi connectivity index (χ0) is 15.8. The Bertz CT molecular complexity index is 662. The number of halogens is 3. The van der Waals surface area contributed by atoms with E-state index in [1.165, 1.54) is 13.2 Å². The van der Waals surface area contributed by atoms with Crippen molar-refractivity contribution in [3.63, 3.8) is 0 Å². The number of hydrogen-bond donors (Lipinski definition) is 2. The Morgan fingerprint density at radius 3 is 2.48 bits per heavy atom. The number of hydrogen-bond acceptors (Lipinski definition) is 5. The molecular formula is C12H15F3N6. The van der Waals surface area contributed by atoms with Crippen LogP contribution in [0.15, 0.2) is 6.20 Å². The summed E-state index contributed by atoms with van der Waals surface area (Å²) in [6.45, 7) is 4.01. The van der Waals surface area contributed by atoms with E-state index in [4.69, 9.17) is 5.73 Å². The highest BCUT2D eigenvalue weighted by molar-refractivity contribution is 5.72. The summed E-state index contributed by atoms with van der Waals surface area (Å²) in [5.74, 6) is -0.584. The van der Waals surface area contributed by atoms with Gasteiger partial charge in [-0.2, -0.15) is 23.3 Å². The van der Waals surface area contributed by atoms with E-state index in [1.54, 1.807) is 11.6 Å². The fourth-order valence-corrected chi connectivity index (χ4v) is 2.03. The second kappa shape index (κ2) is 5.23. The van der Waals surface area contributed by atoms with Crippen LogP contribution in [0.4, 0.5) is 24.9 Å². The molecule has 6 nitrogen and oxygen atoms in total. The van der Waals surface area contributed by atoms with Crippen LogP contribution in [0.25, 0.3) is 11.3 Å². The Labute approximate surface area is 119 Å². The predicted octanol–water partition coefficient (Wildman–Crippen LogP) is 2.31. The maximum Gasteiger partial charge on any atom is 0.422 e. The number of nitrogens with one attached hydrogen (secondary N) is 1. The van der Waals surface area contributed by atoms with Gasteiger partial charge in [-0.05, 0) is 13.8 Å². The van der Waals surface area contributed by atoms with Gasteiger partial charge in [-0.3, -0.25) is 4.68 Å². The summed E-state index contributed by atoms with van der Waals surface area (Å²) in [4.78, 5) is 7.39. The zero-order valence-corrected chi connectivity index (χ0v) is 11.8. The molecule has 0 bridgehead atoms. The first-order valence-electron chi connectivity index (χ1n) is 6.24. The van der Waals surface area contributed by atoms with Crippen LogP contribution in [0.1, 0.15) is 18.2 Å². The molecule has 0 saturated heterocycles. The summed E-state index contributed by atoms with van der Waals surface area (Å²) >= 11 is 0. The number of nitrogen functional groups attached to an aromatic ring is 1. The SMILES string of the molecule is CCn1cc(-c2nc(N)nc(NC)c2C(F)(F)F)c(C)n1. The summed E-state index contributed by atoms with van der Waals surface area (Å²) in [5.41, 5.74) is 5.04. The molecular weight excluding hydrogens is 285 g/mol. The number of anilines is 2. The van der Waals surface area contributed by atoms with Crippen LogP contribution in [-0.2, 0) is 12.7 Å². The van der Waals surface area contributed by atoms with E-state index in [0.717, 1.165) is 0 Å². The Kier molecular flexibility index (Phi) is 3.75. The van der Waals surface area contributed by atoms with Crippen LogP contribution in [0.5, 0.6) is 0 Å². The van der Waals surface area contributed by atoms with Gasteiger partial charge in [-0.15, -0.1) is 0 Å². The standard InChI is InChI=1S/C12H15F3N6/c1-4-21-5-7(6(2)20-21)9-8(12(13,14)15)10(17-3)19-11(16)18-9/h5H,4H2,1-3H3,(H3,16,17,18,19). The van der Waals surface area contributed by atoms with Gasteiger partial charge >= 0.3 is 6.18 Å². The van der Waals surface area contributed by atoms with Crippen LogP contribution in [-0.4, -0.2) is 26.8 Å². The van der Waals surface area contributed by atoms with Gasteiger partial charge in [-0.1, -0.05) is 0 Å². The third-order valence-electron chi connectivity index (χ3n) is 2.97. The van der Waals surface area contributed by atoms with E-state index in [-0.39, 0.29) is 23.0 Å². The first kappa shape index (κ1) is 15.1. The minimum atomic E-state index is -4.61. The molecule has 0 spiro atoms. The molecule has 21 heavy (non-hydrogen) atoms. The molecule has 2 heterocycles. The summed E-state index contributed by atoms with van der Waals surface area (Å²) in [6, 6.07) is 0. The summed E-state index contributed by atoms with van der Waals surface area (Å²) in [6.07, 6.45) is -3.09. The Morgan fingerprint density at radius 2 is 2.00 bits per heavy atom. The fourth-order valence-electron chi connectivity index (χ4n) is 2.03. The normalized spacial score (nSPS) is 11.7. The van der Waals surface area contributed by atoms with Gasteiger partial charge in [-0.25, -0.2) is 4.98 Å². The molecule has 0 amide bonds. The highest BCUT2D eigenvalue weighted by Gasteiger charge is 2.39. The van der Waals surface area contributed by atoms with Crippen molar-refractivity contribution < 1.29 is 13.2 Å². The third-order valence-corrected chi connectivity index (χ3v) is 2.97. The van der Waals surface area contributed by atoms with Crippen LogP contribution in [0, 0.1) is 6.92 Å². The van der Waals surface area contributed by atoms with Gasteiger partial charge < -0.3 is 11.1 Å². The van der Waals surface area contributed by atoms with E-state index in [9.17, 15) is 13.2 Å². The molecule has 0 unspecified atom stereocenters. The molecule has 114 valence electrons. The number of nitrogens with zero attached hydrogens (tertiary/aromatic N) is 4. The second-order valence-corrected chi connectivity index (χ2v) is 4.39. The van der Waals surface area contributed by atoms with Crippen LogP contribution >= 0.6 is 0 Å². The average molecular weight is 300 g/mol. The highest BCUT2D eigenvalue weighted by Crippen LogP contribution is 2.40. The molecule has 2 aromatic rings. The van der Waals surface area contributed by atoms with E-state index in [2.05, 4.69) is 20.4 Å². The molecule has 0 radical (unpaired) electrons. The molecule has 0 atom stereocenters. The topological polar surface area (TPSA) is 81.7 Å². The van der Waals surface area contributed by atoms with Gasteiger partial charge in [0.15, 0.2) is 0 Å². The second-order valence-electron chi connectivity index (χ2n) is 4.39. The van der Waals surface area contributed by atoms with Crippen molar-refractivity contribution in [3.05, 3.63) is 17.5 Å². The summed E-state index contributed by atoms with van der Waals surface area (Å²) in [5, 5.41) is 6.56. The number of nitrogens with two attached hydrogens (primary N) is 1. The van der Waals surface area contributed by atoms with E-state index < -0.39 is 11.7 Å². The smallest absolute Gasteiger partial charge is 0.372 e. The summed E-state index contributed by atoms with van der Waals surface area (Å²) < 4.78 is 41.6. The van der Waals surface area contributed by atoms with Crippen molar-refractivity contribution in [1.29, 1.82) is 0 Å². The van der Waals surface area contributed by atoms with Gasteiger partial charge in [0.1, 0.15) is 11.4 Å². The highest BCUT2D eigenvalue weighted by atomic mass is 19.4. The van der Waals surface area contributed by atoms with Gasteiger partial charge in [0, 0.05) is 25.4 Å². The van der Waals surface area contributed by atoms with Crippen LogP contribution < -0.4 is 11.1 Å². The molecule has 0 aliphatic carbocycles. The van der Waals surface area contributed by atoms with Crippen molar-refractivity contribution in [2.75, 3.05) is 18.1 Å². The molecule has 9 heteroatoms. The minimum Gasteiger partial charge on any atom is -0.372 e. The number of aromatic nitrogens is 4.